The maximum Gasteiger partial charge on any atom is 0.337 e. The Bertz CT molecular complexity index is 1020. The van der Waals surface area contributed by atoms with E-state index in [2.05, 4.69) is 29.8 Å². The predicted molar refractivity (Wildman–Crippen MR) is 109 cm³/mol. The first kappa shape index (κ1) is 19.1. The van der Waals surface area contributed by atoms with Crippen molar-refractivity contribution in [2.75, 3.05) is 18.2 Å². The van der Waals surface area contributed by atoms with E-state index in [4.69, 9.17) is 0 Å². The molecule has 0 atom stereocenters. The van der Waals surface area contributed by atoms with Crippen LogP contribution in [0.2, 0.25) is 0 Å². The van der Waals surface area contributed by atoms with Gasteiger partial charge in [0.25, 0.3) is 0 Å². The third kappa shape index (κ3) is 4.45. The smallest absolute Gasteiger partial charge is 0.337 e. The quantitative estimate of drug-likeness (QED) is 0.472. The van der Waals surface area contributed by atoms with Crippen LogP contribution in [-0.2, 0) is 9.53 Å². The molecule has 1 aliphatic carbocycles. The van der Waals surface area contributed by atoms with Gasteiger partial charge in [-0.1, -0.05) is 11.8 Å². The molecule has 0 saturated heterocycles. The van der Waals surface area contributed by atoms with Gasteiger partial charge in [-0.05, 0) is 49.2 Å². The zero-order valence-corrected chi connectivity index (χ0v) is 16.6. The summed E-state index contributed by atoms with van der Waals surface area (Å²) in [6, 6.07) is 10.7. The molecule has 0 unspecified atom stereocenters. The molecule has 1 saturated carbocycles. The molecule has 29 heavy (non-hydrogen) atoms. The molecule has 0 aliphatic heterocycles. The summed E-state index contributed by atoms with van der Waals surface area (Å²) in [6.07, 6.45) is 5.65. The summed E-state index contributed by atoms with van der Waals surface area (Å²) < 4.78 is 6.76. The van der Waals surface area contributed by atoms with E-state index in [1.54, 1.807) is 36.7 Å². The van der Waals surface area contributed by atoms with Gasteiger partial charge in [0.15, 0.2) is 11.0 Å². The minimum absolute atomic E-state index is 0.158. The molecule has 2 aromatic heterocycles. The van der Waals surface area contributed by atoms with E-state index in [-0.39, 0.29) is 11.7 Å². The van der Waals surface area contributed by atoms with Crippen molar-refractivity contribution in [1.82, 2.24) is 19.7 Å². The number of anilines is 1. The van der Waals surface area contributed by atoms with E-state index in [9.17, 15) is 9.59 Å². The average Bonchev–Trinajstić information content (AvgIpc) is 3.51. The fourth-order valence-corrected chi connectivity index (χ4v) is 3.67. The van der Waals surface area contributed by atoms with E-state index in [1.165, 1.54) is 18.9 Å². The molecular weight excluding hydrogens is 390 g/mol. The van der Waals surface area contributed by atoms with Crippen LogP contribution >= 0.6 is 11.8 Å². The molecule has 1 aliphatic rings. The summed E-state index contributed by atoms with van der Waals surface area (Å²) in [7, 11) is 1.33. The Morgan fingerprint density at radius 1 is 1.21 bits per heavy atom. The molecule has 8 nitrogen and oxygen atoms in total. The van der Waals surface area contributed by atoms with E-state index < -0.39 is 5.97 Å². The van der Waals surface area contributed by atoms with Crippen LogP contribution in [0, 0.1) is 0 Å². The molecule has 2 heterocycles. The van der Waals surface area contributed by atoms with Gasteiger partial charge in [-0.3, -0.25) is 14.3 Å². The zero-order valence-electron chi connectivity index (χ0n) is 15.7. The fourth-order valence-electron chi connectivity index (χ4n) is 2.86. The Labute approximate surface area is 171 Å². The molecular formula is C20H19N5O3S. The second kappa shape index (κ2) is 8.44. The number of carbonyl (C=O) groups is 2. The van der Waals surface area contributed by atoms with Gasteiger partial charge in [-0.2, -0.15) is 0 Å². The highest BCUT2D eigenvalue weighted by atomic mass is 32.2. The maximum atomic E-state index is 12.3. The normalized spacial score (nSPS) is 13.1. The van der Waals surface area contributed by atoms with E-state index >= 15 is 0 Å². The number of methoxy groups -OCH3 is 1. The molecule has 1 N–H and O–H groups in total. The number of pyridine rings is 1. The lowest BCUT2D eigenvalue weighted by molar-refractivity contribution is -0.113. The number of nitrogens with one attached hydrogen (secondary N) is 1. The number of nitrogens with zero attached hydrogens (tertiary/aromatic N) is 4. The standard InChI is InChI=1S/C20H19N5O3S/c1-28-19(27)13-4-6-15(7-5-13)22-17(26)12-29-20-24-23-18(25(20)16-8-9-16)14-3-2-10-21-11-14/h2-7,10-11,16H,8-9,12H2,1H3,(H,22,26). The Balaban J connectivity index is 1.41. The van der Waals surface area contributed by atoms with Gasteiger partial charge in [0, 0.05) is 29.7 Å². The van der Waals surface area contributed by atoms with Gasteiger partial charge in [0.2, 0.25) is 5.91 Å². The topological polar surface area (TPSA) is 99.0 Å². The first-order chi connectivity index (χ1) is 14.2. The van der Waals surface area contributed by atoms with Crippen LogP contribution in [0.3, 0.4) is 0 Å². The number of esters is 1. The van der Waals surface area contributed by atoms with E-state index in [1.807, 2.05) is 12.1 Å². The molecule has 0 radical (unpaired) electrons. The van der Waals surface area contributed by atoms with Crippen LogP contribution in [0.1, 0.15) is 29.2 Å². The lowest BCUT2D eigenvalue weighted by Gasteiger charge is -2.09. The highest BCUT2D eigenvalue weighted by Crippen LogP contribution is 2.40. The van der Waals surface area contributed by atoms with Crippen LogP contribution in [-0.4, -0.2) is 44.5 Å². The SMILES string of the molecule is COC(=O)c1ccc(NC(=O)CSc2nnc(-c3cccnc3)n2C2CC2)cc1. The molecule has 1 aromatic carbocycles. The van der Waals surface area contributed by atoms with Gasteiger partial charge in [0.1, 0.15) is 0 Å². The molecule has 148 valence electrons. The molecule has 3 aromatic rings. The van der Waals surface area contributed by atoms with Crippen molar-refractivity contribution < 1.29 is 14.3 Å². The number of carbonyl (C=O) groups excluding carboxylic acids is 2. The largest absolute Gasteiger partial charge is 0.465 e. The Kier molecular flexibility index (Phi) is 5.57. The second-order valence-corrected chi connectivity index (χ2v) is 7.50. The van der Waals surface area contributed by atoms with Crippen molar-refractivity contribution in [2.24, 2.45) is 0 Å². The van der Waals surface area contributed by atoms with Crippen LogP contribution in [0.15, 0.2) is 53.9 Å². The lowest BCUT2D eigenvalue weighted by Crippen LogP contribution is -2.14. The summed E-state index contributed by atoms with van der Waals surface area (Å²) in [5.41, 5.74) is 1.96. The lowest BCUT2D eigenvalue weighted by atomic mass is 10.2. The Morgan fingerprint density at radius 3 is 2.66 bits per heavy atom. The summed E-state index contributed by atoms with van der Waals surface area (Å²) in [6.45, 7) is 0. The fraction of sp³-hybridized carbons (Fsp3) is 0.250. The number of hydrogen-bond acceptors (Lipinski definition) is 7. The third-order valence-corrected chi connectivity index (χ3v) is 5.36. The zero-order chi connectivity index (χ0) is 20.2. The Morgan fingerprint density at radius 2 is 2.00 bits per heavy atom. The second-order valence-electron chi connectivity index (χ2n) is 6.55. The monoisotopic (exact) mass is 409 g/mol. The summed E-state index contributed by atoms with van der Waals surface area (Å²) >= 11 is 1.35. The van der Waals surface area contributed by atoms with Crippen LogP contribution in [0.5, 0.6) is 0 Å². The molecule has 9 heteroatoms. The minimum atomic E-state index is -0.415. The van der Waals surface area contributed by atoms with Crippen LogP contribution in [0.25, 0.3) is 11.4 Å². The highest BCUT2D eigenvalue weighted by Gasteiger charge is 2.30. The number of aromatic nitrogens is 4. The van der Waals surface area contributed by atoms with Gasteiger partial charge in [-0.25, -0.2) is 4.79 Å². The number of thioether (sulfide) groups is 1. The van der Waals surface area contributed by atoms with Crippen LogP contribution in [0.4, 0.5) is 5.69 Å². The first-order valence-corrected chi connectivity index (χ1v) is 10.1. The molecule has 0 bridgehead atoms. The Hall–Kier alpha value is -3.20. The van der Waals surface area contributed by atoms with Crippen LogP contribution < -0.4 is 5.32 Å². The van der Waals surface area contributed by atoms with Gasteiger partial charge in [0.05, 0.1) is 18.4 Å². The van der Waals surface area contributed by atoms with Crippen molar-refractivity contribution in [3.05, 3.63) is 54.4 Å². The average molecular weight is 409 g/mol. The summed E-state index contributed by atoms with van der Waals surface area (Å²) in [5, 5.41) is 12.2. The van der Waals surface area contributed by atoms with Gasteiger partial charge < -0.3 is 10.1 Å². The van der Waals surface area contributed by atoms with Gasteiger partial charge >= 0.3 is 5.97 Å². The molecule has 4 rings (SSSR count). The van der Waals surface area contributed by atoms with Gasteiger partial charge in [-0.15, -0.1) is 10.2 Å². The van der Waals surface area contributed by atoms with Crippen molar-refractivity contribution in [2.45, 2.75) is 24.0 Å². The number of benzene rings is 1. The maximum absolute atomic E-state index is 12.3. The number of amides is 1. The predicted octanol–water partition coefficient (Wildman–Crippen LogP) is 3.19. The number of ether oxygens (including phenoxy) is 1. The third-order valence-electron chi connectivity index (χ3n) is 4.42. The molecule has 1 fully saturated rings. The summed E-state index contributed by atoms with van der Waals surface area (Å²) in [4.78, 5) is 28.0. The molecule has 0 spiro atoms. The minimum Gasteiger partial charge on any atom is -0.465 e. The van der Waals surface area contributed by atoms with E-state index in [0.717, 1.165) is 29.4 Å². The highest BCUT2D eigenvalue weighted by molar-refractivity contribution is 7.99. The number of hydrogen-bond donors (Lipinski definition) is 1. The van der Waals surface area contributed by atoms with Crippen molar-refractivity contribution in [1.29, 1.82) is 0 Å². The van der Waals surface area contributed by atoms with E-state index in [0.29, 0.717) is 17.3 Å². The molecule has 1 amide bonds. The van der Waals surface area contributed by atoms with Crippen molar-refractivity contribution >= 4 is 29.3 Å². The van der Waals surface area contributed by atoms with Crippen molar-refractivity contribution in [3.8, 4) is 11.4 Å². The van der Waals surface area contributed by atoms with Crippen molar-refractivity contribution in [3.63, 3.8) is 0 Å². The summed E-state index contributed by atoms with van der Waals surface area (Å²) in [5.74, 6) is 0.412. The number of rotatable bonds is 7. The first-order valence-electron chi connectivity index (χ1n) is 9.12.